The van der Waals surface area contributed by atoms with Crippen LogP contribution in [0.3, 0.4) is 0 Å². The highest BCUT2D eigenvalue weighted by atomic mass is 32.2. The molecule has 0 aliphatic rings. The van der Waals surface area contributed by atoms with Gasteiger partial charge in [-0.05, 0) is 37.7 Å². The molecule has 0 fully saturated rings. The predicted molar refractivity (Wildman–Crippen MR) is 84.8 cm³/mol. The van der Waals surface area contributed by atoms with Gasteiger partial charge in [0.15, 0.2) is 0 Å². The van der Waals surface area contributed by atoms with Crippen molar-refractivity contribution in [3.05, 3.63) is 38.9 Å². The van der Waals surface area contributed by atoms with Crippen molar-refractivity contribution < 1.29 is 8.42 Å². The van der Waals surface area contributed by atoms with E-state index in [2.05, 4.69) is 17.0 Å². The first-order valence-electron chi connectivity index (χ1n) is 6.35. The van der Waals surface area contributed by atoms with E-state index in [1.54, 1.807) is 17.4 Å². The number of aryl methyl sites for hydroxylation is 1. The van der Waals surface area contributed by atoms with E-state index >= 15 is 0 Å². The van der Waals surface area contributed by atoms with Gasteiger partial charge in [-0.2, -0.15) is 0 Å². The molecular formula is C13H18N2O2S3. The SMILES string of the molecule is CCc1ccc(CNS(=O)(=O)c2ccc(CNC)s2)s1. The van der Waals surface area contributed by atoms with Crippen LogP contribution in [0.15, 0.2) is 28.5 Å². The summed E-state index contributed by atoms with van der Waals surface area (Å²) in [5.41, 5.74) is 0. The highest BCUT2D eigenvalue weighted by molar-refractivity contribution is 7.91. The molecule has 0 saturated heterocycles. The Balaban J connectivity index is 2.02. The van der Waals surface area contributed by atoms with Crippen LogP contribution in [-0.4, -0.2) is 15.5 Å². The zero-order valence-electron chi connectivity index (χ0n) is 11.5. The van der Waals surface area contributed by atoms with E-state index < -0.39 is 10.0 Å². The highest BCUT2D eigenvalue weighted by Crippen LogP contribution is 2.22. The minimum Gasteiger partial charge on any atom is -0.315 e. The Morgan fingerprint density at radius 3 is 2.30 bits per heavy atom. The van der Waals surface area contributed by atoms with Crippen molar-refractivity contribution in [3.8, 4) is 0 Å². The molecule has 20 heavy (non-hydrogen) atoms. The number of thiophene rings is 2. The lowest BCUT2D eigenvalue weighted by Gasteiger charge is -2.02. The third-order valence-corrected chi connectivity index (χ3v) is 6.96. The molecule has 7 heteroatoms. The van der Waals surface area contributed by atoms with E-state index in [1.165, 1.54) is 16.2 Å². The second kappa shape index (κ2) is 6.82. The van der Waals surface area contributed by atoms with Crippen LogP contribution in [0.4, 0.5) is 0 Å². The van der Waals surface area contributed by atoms with Crippen LogP contribution >= 0.6 is 22.7 Å². The fourth-order valence-electron chi connectivity index (χ4n) is 1.72. The van der Waals surface area contributed by atoms with E-state index in [4.69, 9.17) is 0 Å². The Hall–Kier alpha value is -0.730. The van der Waals surface area contributed by atoms with Gasteiger partial charge in [0.05, 0.1) is 0 Å². The van der Waals surface area contributed by atoms with E-state index in [-0.39, 0.29) is 0 Å². The molecule has 2 N–H and O–H groups in total. The Bertz CT molecular complexity index is 659. The molecule has 0 unspecified atom stereocenters. The summed E-state index contributed by atoms with van der Waals surface area (Å²) in [4.78, 5) is 3.32. The quantitative estimate of drug-likeness (QED) is 0.820. The second-order valence-corrected chi connectivity index (χ2v) is 8.71. The van der Waals surface area contributed by atoms with Crippen molar-refractivity contribution in [2.24, 2.45) is 0 Å². The van der Waals surface area contributed by atoms with E-state index in [9.17, 15) is 8.42 Å². The third kappa shape index (κ3) is 3.89. The maximum Gasteiger partial charge on any atom is 0.250 e. The smallest absolute Gasteiger partial charge is 0.250 e. The van der Waals surface area contributed by atoms with Crippen LogP contribution < -0.4 is 10.0 Å². The van der Waals surface area contributed by atoms with Crippen LogP contribution in [0.5, 0.6) is 0 Å². The summed E-state index contributed by atoms with van der Waals surface area (Å²) in [5.74, 6) is 0. The van der Waals surface area contributed by atoms with Gasteiger partial charge in [0.2, 0.25) is 10.0 Å². The predicted octanol–water partition coefficient (Wildman–Crippen LogP) is 2.57. The Kier molecular flexibility index (Phi) is 5.34. The molecule has 0 aromatic carbocycles. The van der Waals surface area contributed by atoms with Gasteiger partial charge in [0.1, 0.15) is 4.21 Å². The zero-order chi connectivity index (χ0) is 14.6. The molecule has 0 spiro atoms. The van der Waals surface area contributed by atoms with E-state index in [0.717, 1.165) is 16.2 Å². The Morgan fingerprint density at radius 2 is 1.65 bits per heavy atom. The summed E-state index contributed by atoms with van der Waals surface area (Å²) in [6, 6.07) is 7.53. The van der Waals surface area contributed by atoms with Crippen molar-refractivity contribution in [2.75, 3.05) is 7.05 Å². The average Bonchev–Trinajstić information content (AvgIpc) is 3.06. The Morgan fingerprint density at radius 1 is 1.00 bits per heavy atom. The Labute approximate surface area is 127 Å². The molecule has 0 aliphatic heterocycles. The second-order valence-electron chi connectivity index (χ2n) is 4.30. The number of nitrogens with one attached hydrogen (secondary N) is 2. The van der Waals surface area contributed by atoms with Crippen molar-refractivity contribution in [2.45, 2.75) is 30.6 Å². The van der Waals surface area contributed by atoms with E-state index in [1.807, 2.05) is 25.2 Å². The molecule has 2 heterocycles. The first-order chi connectivity index (χ1) is 9.55. The van der Waals surface area contributed by atoms with Crippen molar-refractivity contribution in [1.29, 1.82) is 0 Å². The number of sulfonamides is 1. The minimum absolute atomic E-state index is 0.353. The van der Waals surface area contributed by atoms with Crippen LogP contribution in [0, 0.1) is 0 Å². The summed E-state index contributed by atoms with van der Waals surface area (Å²) < 4.78 is 27.4. The van der Waals surface area contributed by atoms with Gasteiger partial charge in [0, 0.05) is 27.7 Å². The highest BCUT2D eigenvalue weighted by Gasteiger charge is 2.16. The van der Waals surface area contributed by atoms with Crippen molar-refractivity contribution in [1.82, 2.24) is 10.0 Å². The molecule has 0 saturated carbocycles. The molecule has 2 aromatic heterocycles. The lowest BCUT2D eigenvalue weighted by Crippen LogP contribution is -2.21. The lowest BCUT2D eigenvalue weighted by atomic mass is 10.4. The van der Waals surface area contributed by atoms with Crippen molar-refractivity contribution >= 4 is 32.7 Å². The molecule has 0 amide bonds. The summed E-state index contributed by atoms with van der Waals surface area (Å²) in [7, 11) is -1.56. The fraction of sp³-hybridized carbons (Fsp3) is 0.385. The topological polar surface area (TPSA) is 58.2 Å². The molecule has 110 valence electrons. The average molecular weight is 330 g/mol. The number of hydrogen-bond donors (Lipinski definition) is 2. The normalized spacial score (nSPS) is 11.9. The van der Waals surface area contributed by atoms with Gasteiger partial charge in [-0.3, -0.25) is 0 Å². The first kappa shape index (κ1) is 15.7. The minimum atomic E-state index is -3.41. The monoisotopic (exact) mass is 330 g/mol. The maximum atomic E-state index is 12.2. The largest absolute Gasteiger partial charge is 0.315 e. The van der Waals surface area contributed by atoms with Gasteiger partial charge in [-0.1, -0.05) is 6.92 Å². The molecule has 2 rings (SSSR count). The molecular weight excluding hydrogens is 312 g/mol. The first-order valence-corrected chi connectivity index (χ1v) is 9.47. The lowest BCUT2D eigenvalue weighted by molar-refractivity contribution is 0.584. The number of rotatable bonds is 7. The summed E-state index contributed by atoms with van der Waals surface area (Å²) in [6.45, 7) is 3.13. The molecule has 0 bridgehead atoms. The van der Waals surface area contributed by atoms with Crippen LogP contribution in [-0.2, 0) is 29.5 Å². The van der Waals surface area contributed by atoms with Crippen LogP contribution in [0.2, 0.25) is 0 Å². The van der Waals surface area contributed by atoms with Crippen LogP contribution in [0.25, 0.3) is 0 Å². The summed E-state index contributed by atoms with van der Waals surface area (Å²) >= 11 is 2.95. The molecule has 0 aliphatic carbocycles. The van der Waals surface area contributed by atoms with Gasteiger partial charge < -0.3 is 5.32 Å². The molecule has 0 atom stereocenters. The van der Waals surface area contributed by atoms with E-state index in [0.29, 0.717) is 17.3 Å². The summed E-state index contributed by atoms with van der Waals surface area (Å²) in [5, 5.41) is 3.01. The number of hydrogen-bond acceptors (Lipinski definition) is 5. The standard InChI is InChI=1S/C13H18N2O2S3/c1-3-10-4-5-12(18-10)9-15-20(16,17)13-7-6-11(19-13)8-14-2/h4-7,14-15H,3,8-9H2,1-2H3. The van der Waals surface area contributed by atoms with Crippen LogP contribution in [0.1, 0.15) is 21.6 Å². The molecule has 2 aromatic rings. The summed E-state index contributed by atoms with van der Waals surface area (Å²) in [6.07, 6.45) is 0.982. The fourth-order valence-corrected chi connectivity index (χ4v) is 5.12. The van der Waals surface area contributed by atoms with Crippen molar-refractivity contribution in [3.63, 3.8) is 0 Å². The maximum absolute atomic E-state index is 12.2. The van der Waals surface area contributed by atoms with Gasteiger partial charge >= 0.3 is 0 Å². The zero-order valence-corrected chi connectivity index (χ0v) is 13.9. The molecule has 4 nitrogen and oxygen atoms in total. The third-order valence-electron chi connectivity index (χ3n) is 2.76. The molecule has 0 radical (unpaired) electrons. The van der Waals surface area contributed by atoms with Gasteiger partial charge in [-0.25, -0.2) is 13.1 Å². The van der Waals surface area contributed by atoms with Gasteiger partial charge in [0.25, 0.3) is 0 Å². The van der Waals surface area contributed by atoms with Gasteiger partial charge in [-0.15, -0.1) is 22.7 Å².